The molecule has 0 saturated carbocycles. The summed E-state index contributed by atoms with van der Waals surface area (Å²) in [5, 5.41) is 0. The number of hydrogen-bond acceptors (Lipinski definition) is 2. The van der Waals surface area contributed by atoms with Crippen molar-refractivity contribution in [2.24, 2.45) is 10.4 Å². The second-order valence-electron chi connectivity index (χ2n) is 16.2. The number of ether oxygens (including phenoxy) is 1. The molecule has 4 aromatic carbocycles. The average molecular weight is 700 g/mol. The van der Waals surface area contributed by atoms with Crippen LogP contribution in [0, 0.1) is 12.3 Å². The fourth-order valence-corrected chi connectivity index (χ4v) is 6.86. The molecule has 0 aliphatic carbocycles. The molecule has 0 aromatic heterocycles. The molecule has 1 heterocycles. The Hall–Kier alpha value is -5.21. The van der Waals surface area contributed by atoms with Gasteiger partial charge in [0.2, 0.25) is 0 Å². The second kappa shape index (κ2) is 16.6. The van der Waals surface area contributed by atoms with Crippen LogP contribution < -0.4 is 4.74 Å². The van der Waals surface area contributed by atoms with E-state index in [4.69, 9.17) is 9.73 Å². The van der Waals surface area contributed by atoms with E-state index in [0.717, 1.165) is 46.9 Å². The maximum Gasteiger partial charge on any atom is 0.130 e. The SMILES string of the molecule is C=C(/N=C(/C=C/CC1C(=C)Oc2ccccc21)\C=C(/C)c1cc(C/C=C\C(=C/C)C(C)(C)C)c(C)c(-c2ccc(C(C)(C)C)cc2)c1)c1ccccc1. The fraction of sp³-hybridized carbons (Fsp3) is 0.275. The average Bonchev–Trinajstić information content (AvgIpc) is 3.44. The first kappa shape index (κ1) is 39.0. The van der Waals surface area contributed by atoms with Crippen LogP contribution in [0.4, 0.5) is 0 Å². The molecule has 5 rings (SSSR count). The Labute approximate surface area is 319 Å². The molecular formula is C51H57NO. The van der Waals surface area contributed by atoms with Crippen LogP contribution in [-0.4, -0.2) is 5.71 Å². The van der Waals surface area contributed by atoms with Crippen molar-refractivity contribution in [1.29, 1.82) is 0 Å². The van der Waals surface area contributed by atoms with Gasteiger partial charge < -0.3 is 4.74 Å². The van der Waals surface area contributed by atoms with Crippen molar-refractivity contribution in [2.45, 2.75) is 86.5 Å². The van der Waals surface area contributed by atoms with E-state index in [1.165, 1.54) is 44.5 Å². The highest BCUT2D eigenvalue weighted by Crippen LogP contribution is 2.42. The van der Waals surface area contributed by atoms with Gasteiger partial charge in [-0.2, -0.15) is 0 Å². The molecular weight excluding hydrogens is 643 g/mol. The van der Waals surface area contributed by atoms with Crippen LogP contribution in [0.25, 0.3) is 22.4 Å². The number of allylic oxidation sites excluding steroid dienone is 9. The lowest BCUT2D eigenvalue weighted by Crippen LogP contribution is -2.10. The minimum Gasteiger partial charge on any atom is -0.461 e. The quantitative estimate of drug-likeness (QED) is 0.113. The van der Waals surface area contributed by atoms with E-state index in [1.54, 1.807) is 0 Å². The highest BCUT2D eigenvalue weighted by atomic mass is 16.5. The Balaban J connectivity index is 1.56. The van der Waals surface area contributed by atoms with E-state index in [9.17, 15) is 0 Å². The summed E-state index contributed by atoms with van der Waals surface area (Å²) in [5.74, 6) is 1.78. The van der Waals surface area contributed by atoms with Crippen LogP contribution in [0.3, 0.4) is 0 Å². The molecule has 0 saturated heterocycles. The van der Waals surface area contributed by atoms with Crippen molar-refractivity contribution in [2.75, 3.05) is 0 Å². The number of para-hydroxylation sites is 1. The van der Waals surface area contributed by atoms with Gasteiger partial charge in [0.25, 0.3) is 0 Å². The molecule has 4 aromatic rings. The van der Waals surface area contributed by atoms with E-state index >= 15 is 0 Å². The van der Waals surface area contributed by atoms with Crippen molar-refractivity contribution in [3.05, 3.63) is 185 Å². The molecule has 0 amide bonds. The zero-order chi connectivity index (χ0) is 38.3. The lowest BCUT2D eigenvalue weighted by Gasteiger charge is -2.21. The number of nitrogens with zero attached hydrogens (tertiary/aromatic N) is 1. The van der Waals surface area contributed by atoms with Crippen molar-refractivity contribution in [3.8, 4) is 16.9 Å². The first-order valence-electron chi connectivity index (χ1n) is 18.9. The molecule has 1 aliphatic rings. The molecule has 0 fully saturated rings. The molecule has 272 valence electrons. The maximum absolute atomic E-state index is 5.98. The first-order chi connectivity index (χ1) is 25.2. The highest BCUT2D eigenvalue weighted by molar-refractivity contribution is 6.10. The largest absolute Gasteiger partial charge is 0.461 e. The lowest BCUT2D eigenvalue weighted by molar-refractivity contribution is 0.430. The Morgan fingerprint density at radius 3 is 2.17 bits per heavy atom. The third kappa shape index (κ3) is 9.82. The van der Waals surface area contributed by atoms with Crippen molar-refractivity contribution < 1.29 is 4.74 Å². The number of hydrogen-bond donors (Lipinski definition) is 0. The van der Waals surface area contributed by atoms with Gasteiger partial charge in [-0.15, -0.1) is 0 Å². The molecule has 1 atom stereocenters. The van der Waals surface area contributed by atoms with Gasteiger partial charge in [0.05, 0.1) is 11.4 Å². The van der Waals surface area contributed by atoms with Gasteiger partial charge in [0.1, 0.15) is 11.5 Å². The third-order valence-corrected chi connectivity index (χ3v) is 10.2. The van der Waals surface area contributed by atoms with E-state index in [2.05, 4.69) is 173 Å². The summed E-state index contributed by atoms with van der Waals surface area (Å²) >= 11 is 0. The summed E-state index contributed by atoms with van der Waals surface area (Å²) in [6.45, 7) is 28.7. The van der Waals surface area contributed by atoms with E-state index in [-0.39, 0.29) is 16.7 Å². The molecule has 1 aliphatic heterocycles. The first-order valence-corrected chi connectivity index (χ1v) is 18.9. The summed E-state index contributed by atoms with van der Waals surface area (Å²) in [5.41, 5.74) is 14.0. The van der Waals surface area contributed by atoms with Crippen molar-refractivity contribution >= 4 is 17.0 Å². The highest BCUT2D eigenvalue weighted by Gasteiger charge is 2.26. The molecule has 2 nitrogen and oxygen atoms in total. The van der Waals surface area contributed by atoms with Gasteiger partial charge in [-0.1, -0.05) is 158 Å². The van der Waals surface area contributed by atoms with Crippen LogP contribution >= 0.6 is 0 Å². The molecule has 0 bridgehead atoms. The van der Waals surface area contributed by atoms with E-state index in [0.29, 0.717) is 0 Å². The summed E-state index contributed by atoms with van der Waals surface area (Å²) < 4.78 is 5.98. The Morgan fingerprint density at radius 1 is 0.830 bits per heavy atom. The normalized spacial score (nSPS) is 15.7. The Bertz CT molecular complexity index is 2100. The maximum atomic E-state index is 5.98. The molecule has 0 spiro atoms. The molecule has 0 N–H and O–H groups in total. The van der Waals surface area contributed by atoms with Gasteiger partial charge in [-0.05, 0) is 119 Å². The zero-order valence-corrected chi connectivity index (χ0v) is 33.4. The number of fused-ring (bicyclic) bond motifs is 1. The summed E-state index contributed by atoms with van der Waals surface area (Å²) in [4.78, 5) is 5.08. The molecule has 2 heteroatoms. The van der Waals surface area contributed by atoms with Gasteiger partial charge in [0, 0.05) is 11.5 Å². The van der Waals surface area contributed by atoms with E-state index < -0.39 is 0 Å². The standard InChI is InChI=1S/C51H57NO/c1-12-43(50(6,7)8)23-18-22-41-33-42(34-48(36(41)3)40-28-30-44(31-29-40)51(9,10)11)35(2)32-45(52-37(4)39-20-14-13-15-21-39)24-19-26-46-38(5)53-49-27-17-16-25-47(46)49/h12-21,23-25,27-34,46H,4-5,22,26H2,1-3,6-11H3/b23-18-,24-19+,35-32+,43-12+,52-45-. The third-order valence-electron chi connectivity index (χ3n) is 10.2. The monoisotopic (exact) mass is 699 g/mol. The minimum atomic E-state index is 0.0931. The molecule has 0 radical (unpaired) electrons. The smallest absolute Gasteiger partial charge is 0.130 e. The Morgan fingerprint density at radius 2 is 1.51 bits per heavy atom. The summed E-state index contributed by atoms with van der Waals surface area (Å²) in [6.07, 6.45) is 14.9. The van der Waals surface area contributed by atoms with E-state index in [1.807, 2.05) is 30.3 Å². The predicted octanol–water partition coefficient (Wildman–Crippen LogP) is 14.2. The number of aliphatic imine (C=N–C) groups is 1. The topological polar surface area (TPSA) is 21.6 Å². The summed E-state index contributed by atoms with van der Waals surface area (Å²) in [6, 6.07) is 32.2. The second-order valence-corrected chi connectivity index (χ2v) is 16.2. The van der Waals surface area contributed by atoms with Crippen LogP contribution in [-0.2, 0) is 11.8 Å². The van der Waals surface area contributed by atoms with Gasteiger partial charge in [-0.3, -0.25) is 0 Å². The summed E-state index contributed by atoms with van der Waals surface area (Å²) in [7, 11) is 0. The van der Waals surface area contributed by atoms with Gasteiger partial charge in [0.15, 0.2) is 0 Å². The van der Waals surface area contributed by atoms with Crippen molar-refractivity contribution in [3.63, 3.8) is 0 Å². The predicted molar refractivity (Wildman–Crippen MR) is 231 cm³/mol. The van der Waals surface area contributed by atoms with Crippen LogP contribution in [0.1, 0.15) is 101 Å². The Kier molecular flexibility index (Phi) is 12.2. The van der Waals surface area contributed by atoms with Gasteiger partial charge in [-0.25, -0.2) is 4.99 Å². The van der Waals surface area contributed by atoms with Crippen LogP contribution in [0.15, 0.2) is 157 Å². The van der Waals surface area contributed by atoms with Crippen LogP contribution in [0.5, 0.6) is 5.75 Å². The zero-order valence-electron chi connectivity index (χ0n) is 33.4. The minimum absolute atomic E-state index is 0.0931. The lowest BCUT2D eigenvalue weighted by atomic mass is 9.84. The number of rotatable bonds is 11. The van der Waals surface area contributed by atoms with Gasteiger partial charge >= 0.3 is 0 Å². The van der Waals surface area contributed by atoms with Crippen LogP contribution in [0.2, 0.25) is 0 Å². The molecule has 1 unspecified atom stereocenters. The van der Waals surface area contributed by atoms with Crippen molar-refractivity contribution in [1.82, 2.24) is 0 Å². The fourth-order valence-electron chi connectivity index (χ4n) is 6.86. The number of benzene rings is 4. The molecule has 53 heavy (non-hydrogen) atoms.